The van der Waals surface area contributed by atoms with E-state index in [9.17, 15) is 29.7 Å². The molecule has 1 aromatic heterocycles. The number of aldehydes is 1. The van der Waals surface area contributed by atoms with Gasteiger partial charge in [0.2, 0.25) is 5.76 Å². The van der Waals surface area contributed by atoms with Crippen molar-refractivity contribution in [2.75, 3.05) is 47.1 Å². The van der Waals surface area contributed by atoms with E-state index >= 15 is 0 Å². The van der Waals surface area contributed by atoms with E-state index in [1.54, 1.807) is 14.0 Å². The maximum atomic E-state index is 14.0. The maximum Gasteiger partial charge on any atom is 0.375 e. The Kier molecular flexibility index (Phi) is 12.5. The lowest BCUT2D eigenvalue weighted by Crippen LogP contribution is -2.54. The number of aliphatic hydroxyl groups is 3. The molecule has 2 fully saturated rings. The number of ketones is 1. The van der Waals surface area contributed by atoms with Crippen molar-refractivity contribution in [3.05, 3.63) is 69.6 Å². The predicted octanol–water partition coefficient (Wildman–Crippen LogP) is 5.17. The smallest absolute Gasteiger partial charge is 0.375 e. The maximum absolute atomic E-state index is 14.0. The van der Waals surface area contributed by atoms with Crippen LogP contribution in [0.15, 0.2) is 47.4 Å². The third-order valence-electron chi connectivity index (χ3n) is 12.9. The Morgan fingerprint density at radius 1 is 1.12 bits per heavy atom. The average Bonchev–Trinajstić information content (AvgIpc) is 3.90. The SMILES string of the molecule is CCOC(=O)C1=C(C=O)C(=C2CC(CO)C(=O)C(c3ccc4[nH]ccc4c3)C2)c2c(OC)c3c(c(CO)c2O1)OC(C(C)(O)C1CCN(CCCOC)C(CC)C1)C3. The number of esters is 1. The summed E-state index contributed by atoms with van der Waals surface area (Å²) in [5.74, 6) is -2.26. The lowest BCUT2D eigenvalue weighted by Gasteiger charge is -2.46. The van der Waals surface area contributed by atoms with Crippen LogP contribution in [0.25, 0.3) is 16.5 Å². The Balaban J connectivity index is 1.34. The molecular weight excluding hydrogens is 744 g/mol. The van der Waals surface area contributed by atoms with E-state index in [0.29, 0.717) is 46.7 Å². The zero-order valence-corrected chi connectivity index (χ0v) is 34.1. The van der Waals surface area contributed by atoms with Gasteiger partial charge in [0.05, 0.1) is 43.6 Å². The van der Waals surface area contributed by atoms with Crippen molar-refractivity contribution in [1.82, 2.24) is 9.88 Å². The molecule has 4 N–H and O–H groups in total. The first kappa shape index (κ1) is 41.6. The molecule has 1 saturated heterocycles. The number of fused-ring (bicyclic) bond motifs is 3. The van der Waals surface area contributed by atoms with E-state index in [4.69, 9.17) is 23.7 Å². The van der Waals surface area contributed by atoms with E-state index in [2.05, 4.69) is 16.8 Å². The largest absolute Gasteiger partial charge is 0.496 e. The number of Topliss-reactive ketones (excluding diaryl/α,β-unsaturated/α-hetero) is 1. The molecule has 312 valence electrons. The molecule has 13 heteroatoms. The highest BCUT2D eigenvalue weighted by molar-refractivity contribution is 6.11. The van der Waals surface area contributed by atoms with Gasteiger partial charge in [-0.05, 0) is 94.0 Å². The topological polar surface area (TPSA) is 177 Å². The number of carbonyl (C=O) groups is 3. The third kappa shape index (κ3) is 7.36. The number of methoxy groups -OCH3 is 2. The normalized spacial score (nSPS) is 25.8. The van der Waals surface area contributed by atoms with E-state index in [1.165, 1.54) is 7.11 Å². The molecule has 2 aromatic carbocycles. The summed E-state index contributed by atoms with van der Waals surface area (Å²) in [7, 11) is 3.20. The first-order valence-electron chi connectivity index (χ1n) is 20.5. The minimum atomic E-state index is -1.28. The fourth-order valence-corrected chi connectivity index (χ4v) is 9.82. The van der Waals surface area contributed by atoms with Crippen LogP contribution < -0.4 is 14.2 Å². The van der Waals surface area contributed by atoms with E-state index in [-0.39, 0.29) is 66.3 Å². The summed E-state index contributed by atoms with van der Waals surface area (Å²) in [6, 6.07) is 7.95. The molecule has 0 amide bonds. The number of allylic oxidation sites excluding steroid dienone is 3. The number of hydrogen-bond acceptors (Lipinski definition) is 12. The van der Waals surface area contributed by atoms with Gasteiger partial charge >= 0.3 is 5.97 Å². The summed E-state index contributed by atoms with van der Waals surface area (Å²) in [5, 5.41) is 35.0. The van der Waals surface area contributed by atoms with Crippen LogP contribution in [0.5, 0.6) is 17.2 Å². The molecule has 6 unspecified atom stereocenters. The second-order valence-corrected chi connectivity index (χ2v) is 16.1. The Morgan fingerprint density at radius 3 is 2.62 bits per heavy atom. The quantitative estimate of drug-likeness (QED) is 0.0958. The average molecular weight is 801 g/mol. The van der Waals surface area contributed by atoms with Gasteiger partial charge in [0.1, 0.15) is 34.7 Å². The van der Waals surface area contributed by atoms with Crippen molar-refractivity contribution < 1.29 is 53.4 Å². The van der Waals surface area contributed by atoms with Gasteiger partial charge in [0, 0.05) is 67.4 Å². The van der Waals surface area contributed by atoms with Crippen LogP contribution >= 0.6 is 0 Å². The van der Waals surface area contributed by atoms with Crippen molar-refractivity contribution in [3.8, 4) is 17.2 Å². The predicted molar refractivity (Wildman–Crippen MR) is 216 cm³/mol. The second kappa shape index (κ2) is 17.4. The number of piperidine rings is 1. The van der Waals surface area contributed by atoms with E-state index in [1.807, 2.05) is 37.4 Å². The molecule has 7 rings (SSSR count). The number of H-pyrrole nitrogens is 1. The van der Waals surface area contributed by atoms with Crippen LogP contribution in [0.4, 0.5) is 0 Å². The van der Waals surface area contributed by atoms with E-state index in [0.717, 1.165) is 55.2 Å². The summed E-state index contributed by atoms with van der Waals surface area (Å²) >= 11 is 0. The molecule has 0 radical (unpaired) electrons. The van der Waals surface area contributed by atoms with Gasteiger partial charge in [-0.15, -0.1) is 0 Å². The number of likely N-dealkylation sites (tertiary alicyclic amines) is 1. The van der Waals surface area contributed by atoms with Gasteiger partial charge < -0.3 is 48.9 Å². The number of rotatable bonds is 14. The molecule has 58 heavy (non-hydrogen) atoms. The molecule has 13 nitrogen and oxygen atoms in total. The van der Waals surface area contributed by atoms with Gasteiger partial charge in [0.25, 0.3) is 0 Å². The molecule has 1 saturated carbocycles. The standard InChI is InChI=1S/C45H56N2O11/c1-6-30-20-29(12-15-47(30)14-8-16-54-4)45(3,53)36-21-32-40(57-36)34(24-50)42-38(41(32)55-5)37(33(23-49)43(58-42)44(52)56-7-2)27-18-28(22-48)39(51)31(19-27)25-9-10-35-26(17-25)11-13-46-35/h9-11,13,17,23,28-31,36,46,48,50,53H,6-8,12,14-16,18-22,24H2,1-5H3. The van der Waals surface area contributed by atoms with Crippen molar-refractivity contribution >= 4 is 34.5 Å². The number of nitrogens with one attached hydrogen (secondary N) is 1. The van der Waals surface area contributed by atoms with Crippen molar-refractivity contribution in [1.29, 1.82) is 0 Å². The Labute approximate surface area is 338 Å². The van der Waals surface area contributed by atoms with Crippen LogP contribution in [-0.2, 0) is 36.9 Å². The molecule has 4 aliphatic rings. The number of carbonyl (C=O) groups excluding carboxylic acids is 3. The highest BCUT2D eigenvalue weighted by Gasteiger charge is 2.50. The lowest BCUT2D eigenvalue weighted by atomic mass is 9.71. The fourth-order valence-electron chi connectivity index (χ4n) is 9.82. The molecule has 6 atom stereocenters. The molecule has 0 spiro atoms. The van der Waals surface area contributed by atoms with E-state index < -0.39 is 42.7 Å². The Morgan fingerprint density at radius 2 is 1.93 bits per heavy atom. The number of hydrogen-bond donors (Lipinski definition) is 4. The minimum Gasteiger partial charge on any atom is -0.496 e. The van der Waals surface area contributed by atoms with Gasteiger partial charge in [0.15, 0.2) is 6.29 Å². The molecule has 4 heterocycles. The number of ether oxygens (including phenoxy) is 5. The number of benzene rings is 2. The summed E-state index contributed by atoms with van der Waals surface area (Å²) in [5.41, 5.74) is 2.42. The Hall–Kier alpha value is -4.53. The zero-order valence-electron chi connectivity index (χ0n) is 34.1. The van der Waals surface area contributed by atoms with Gasteiger partial charge in [-0.2, -0.15) is 0 Å². The number of aromatic amines is 1. The molecule has 3 aromatic rings. The van der Waals surface area contributed by atoms with Crippen molar-refractivity contribution in [3.63, 3.8) is 0 Å². The molecule has 1 aliphatic carbocycles. The molecule has 3 aliphatic heterocycles. The third-order valence-corrected chi connectivity index (χ3v) is 12.9. The number of aromatic nitrogens is 1. The van der Waals surface area contributed by atoms with Crippen LogP contribution in [0.2, 0.25) is 0 Å². The highest BCUT2D eigenvalue weighted by Crippen LogP contribution is 2.57. The first-order valence-corrected chi connectivity index (χ1v) is 20.5. The number of nitrogens with zero attached hydrogens (tertiary/aromatic N) is 1. The van der Waals surface area contributed by atoms with Crippen molar-refractivity contribution in [2.24, 2.45) is 11.8 Å². The van der Waals surface area contributed by atoms with Gasteiger partial charge in [-0.25, -0.2) is 4.79 Å². The lowest BCUT2D eigenvalue weighted by molar-refractivity contribution is -0.141. The summed E-state index contributed by atoms with van der Waals surface area (Å²) in [6.45, 7) is 7.10. The summed E-state index contributed by atoms with van der Waals surface area (Å²) < 4.78 is 29.9. The number of aliphatic hydroxyl groups excluding tert-OH is 2. The summed E-state index contributed by atoms with van der Waals surface area (Å²) in [4.78, 5) is 46.5. The van der Waals surface area contributed by atoms with Crippen LogP contribution in [-0.4, -0.2) is 108 Å². The first-order chi connectivity index (χ1) is 28.0. The molecule has 0 bridgehead atoms. The van der Waals surface area contributed by atoms with Crippen LogP contribution in [0.3, 0.4) is 0 Å². The fraction of sp³-hybridized carbons (Fsp3) is 0.533. The molecular formula is C45H56N2O11. The van der Waals surface area contributed by atoms with Crippen LogP contribution in [0.1, 0.15) is 87.5 Å². The van der Waals surface area contributed by atoms with Crippen molar-refractivity contribution in [2.45, 2.75) is 96.0 Å². The van der Waals surface area contributed by atoms with Crippen LogP contribution in [0, 0.1) is 11.8 Å². The van der Waals surface area contributed by atoms with Gasteiger partial charge in [-0.3, -0.25) is 9.59 Å². The Bertz CT molecular complexity index is 2120. The second-order valence-electron chi connectivity index (χ2n) is 16.1. The zero-order chi connectivity index (χ0) is 41.3. The van der Waals surface area contributed by atoms with Gasteiger partial charge in [-0.1, -0.05) is 18.6 Å². The minimum absolute atomic E-state index is 0.00654. The highest BCUT2D eigenvalue weighted by atomic mass is 16.6. The summed E-state index contributed by atoms with van der Waals surface area (Å²) in [6.07, 6.45) is 5.60. The monoisotopic (exact) mass is 800 g/mol.